The summed E-state index contributed by atoms with van der Waals surface area (Å²) in [5.41, 5.74) is 1.14. The average molecular weight is 336 g/mol. The maximum atomic E-state index is 12.0. The number of hydrogen-bond donors (Lipinski definition) is 1. The van der Waals surface area contributed by atoms with Crippen molar-refractivity contribution in [1.29, 1.82) is 0 Å². The molecule has 6 nitrogen and oxygen atoms in total. The van der Waals surface area contributed by atoms with Crippen molar-refractivity contribution in [3.8, 4) is 0 Å². The van der Waals surface area contributed by atoms with Crippen LogP contribution in [0.1, 0.15) is 22.6 Å². The number of halogens is 1. The molecule has 1 amide bonds. The standard InChI is InChI=1S/C10H14BrN3O3S/c1-6-8(11)9(13-14(6)2)10(15)12-7-3-4-18(16,17)5-7/h7H,3-5H2,1-2H3,(H,12,15)/t7-/m1/s1. The van der Waals surface area contributed by atoms with Gasteiger partial charge in [0.15, 0.2) is 15.5 Å². The lowest BCUT2D eigenvalue weighted by molar-refractivity contribution is 0.0934. The molecule has 1 aliphatic heterocycles. The predicted octanol–water partition coefficient (Wildman–Crippen LogP) is 0.408. The molecule has 2 heterocycles. The van der Waals surface area contributed by atoms with Gasteiger partial charge < -0.3 is 5.32 Å². The van der Waals surface area contributed by atoms with E-state index in [0.29, 0.717) is 16.6 Å². The number of nitrogens with one attached hydrogen (secondary N) is 1. The predicted molar refractivity (Wildman–Crippen MR) is 70.2 cm³/mol. The van der Waals surface area contributed by atoms with E-state index in [1.165, 1.54) is 0 Å². The van der Waals surface area contributed by atoms with Crippen molar-refractivity contribution in [2.45, 2.75) is 19.4 Å². The molecule has 0 aliphatic carbocycles. The van der Waals surface area contributed by atoms with Gasteiger partial charge in [-0.2, -0.15) is 5.10 Å². The first-order chi connectivity index (χ1) is 8.30. The van der Waals surface area contributed by atoms with Crippen LogP contribution in [-0.2, 0) is 16.9 Å². The van der Waals surface area contributed by atoms with E-state index in [2.05, 4.69) is 26.3 Å². The second kappa shape index (κ2) is 4.65. The summed E-state index contributed by atoms with van der Waals surface area (Å²) < 4.78 is 24.9. The number of rotatable bonds is 2. The number of carbonyl (C=O) groups excluding carboxylic acids is 1. The molecule has 0 bridgehead atoms. The van der Waals surface area contributed by atoms with E-state index in [1.54, 1.807) is 11.7 Å². The van der Waals surface area contributed by atoms with Crippen LogP contribution < -0.4 is 5.32 Å². The number of nitrogens with zero attached hydrogens (tertiary/aromatic N) is 2. The molecule has 1 atom stereocenters. The monoisotopic (exact) mass is 335 g/mol. The largest absolute Gasteiger partial charge is 0.347 e. The highest BCUT2D eigenvalue weighted by Crippen LogP contribution is 2.20. The van der Waals surface area contributed by atoms with Crippen molar-refractivity contribution in [2.75, 3.05) is 11.5 Å². The Morgan fingerprint density at radius 2 is 2.22 bits per heavy atom. The van der Waals surface area contributed by atoms with Gasteiger partial charge in [0.1, 0.15) is 0 Å². The molecular formula is C10H14BrN3O3S. The molecule has 1 N–H and O–H groups in total. The smallest absolute Gasteiger partial charge is 0.273 e. The molecule has 8 heteroatoms. The Kier molecular flexibility index (Phi) is 3.50. The number of carbonyl (C=O) groups is 1. The lowest BCUT2D eigenvalue weighted by atomic mass is 10.2. The Labute approximate surface area is 114 Å². The Morgan fingerprint density at radius 1 is 1.56 bits per heavy atom. The van der Waals surface area contributed by atoms with Crippen LogP contribution in [0.5, 0.6) is 0 Å². The van der Waals surface area contributed by atoms with E-state index in [0.717, 1.165) is 5.69 Å². The van der Waals surface area contributed by atoms with Crippen LogP contribution in [0.4, 0.5) is 0 Å². The first-order valence-corrected chi connectivity index (χ1v) is 8.12. The molecule has 0 unspecified atom stereocenters. The molecular weight excluding hydrogens is 322 g/mol. The number of hydrogen-bond acceptors (Lipinski definition) is 4. The normalized spacial score (nSPS) is 22.1. The van der Waals surface area contributed by atoms with Crippen molar-refractivity contribution < 1.29 is 13.2 Å². The summed E-state index contributed by atoms with van der Waals surface area (Å²) in [7, 11) is -1.24. The minimum absolute atomic E-state index is 0.0160. The fourth-order valence-corrected chi connectivity index (χ4v) is 4.08. The minimum atomic E-state index is -2.99. The van der Waals surface area contributed by atoms with Crippen molar-refractivity contribution in [2.24, 2.45) is 7.05 Å². The third-order valence-electron chi connectivity index (χ3n) is 3.04. The summed E-state index contributed by atoms with van der Waals surface area (Å²) in [5, 5.41) is 6.80. The first kappa shape index (κ1) is 13.5. The van der Waals surface area contributed by atoms with E-state index in [-0.39, 0.29) is 23.5 Å². The van der Waals surface area contributed by atoms with Crippen molar-refractivity contribution in [3.63, 3.8) is 0 Å². The van der Waals surface area contributed by atoms with Gasteiger partial charge in [0.2, 0.25) is 0 Å². The highest BCUT2D eigenvalue weighted by atomic mass is 79.9. The average Bonchev–Trinajstić information content (AvgIpc) is 2.73. The fourth-order valence-electron chi connectivity index (χ4n) is 1.89. The third-order valence-corrected chi connectivity index (χ3v) is 5.76. The van der Waals surface area contributed by atoms with Crippen LogP contribution in [0.3, 0.4) is 0 Å². The SMILES string of the molecule is Cc1c(Br)c(C(=O)N[C@@H]2CCS(=O)(=O)C2)nn1C. The van der Waals surface area contributed by atoms with Gasteiger partial charge in [-0.25, -0.2) is 8.42 Å². The van der Waals surface area contributed by atoms with Crippen LogP contribution in [0, 0.1) is 6.92 Å². The third kappa shape index (κ3) is 2.59. The van der Waals surface area contributed by atoms with E-state index in [9.17, 15) is 13.2 Å². The second-order valence-electron chi connectivity index (χ2n) is 4.45. The Hall–Kier alpha value is -0.890. The molecule has 18 heavy (non-hydrogen) atoms. The molecule has 1 saturated heterocycles. The molecule has 1 fully saturated rings. The molecule has 1 aromatic heterocycles. The summed E-state index contributed by atoms with van der Waals surface area (Å²) >= 11 is 3.31. The summed E-state index contributed by atoms with van der Waals surface area (Å²) in [6.07, 6.45) is 0.470. The minimum Gasteiger partial charge on any atom is -0.347 e. The van der Waals surface area contributed by atoms with Gasteiger partial charge in [0.05, 0.1) is 21.7 Å². The molecule has 2 rings (SSSR count). The zero-order valence-corrected chi connectivity index (χ0v) is 12.5. The van der Waals surface area contributed by atoms with Gasteiger partial charge in [-0.3, -0.25) is 9.48 Å². The van der Waals surface area contributed by atoms with Gasteiger partial charge in [0.25, 0.3) is 5.91 Å². The molecule has 1 aliphatic rings. The summed E-state index contributed by atoms with van der Waals surface area (Å²) in [6, 6.07) is -0.309. The van der Waals surface area contributed by atoms with Crippen LogP contribution >= 0.6 is 15.9 Å². The summed E-state index contributed by atoms with van der Waals surface area (Å²) in [5.74, 6) is -0.185. The maximum Gasteiger partial charge on any atom is 0.273 e. The molecule has 100 valence electrons. The van der Waals surface area contributed by atoms with Crippen molar-refractivity contribution in [3.05, 3.63) is 15.9 Å². The zero-order valence-electron chi connectivity index (χ0n) is 10.1. The van der Waals surface area contributed by atoms with E-state index < -0.39 is 9.84 Å². The Balaban J connectivity index is 2.11. The quantitative estimate of drug-likeness (QED) is 0.848. The number of aromatic nitrogens is 2. The number of aryl methyl sites for hydroxylation is 1. The molecule has 1 aromatic rings. The van der Waals surface area contributed by atoms with Crippen LogP contribution in [0.25, 0.3) is 0 Å². The van der Waals surface area contributed by atoms with Gasteiger partial charge in [-0.1, -0.05) is 0 Å². The summed E-state index contributed by atoms with van der Waals surface area (Å²) in [4.78, 5) is 12.0. The lowest BCUT2D eigenvalue weighted by Gasteiger charge is -2.09. The lowest BCUT2D eigenvalue weighted by Crippen LogP contribution is -2.36. The highest BCUT2D eigenvalue weighted by molar-refractivity contribution is 9.10. The molecule has 0 saturated carbocycles. The van der Waals surface area contributed by atoms with Gasteiger partial charge in [0, 0.05) is 13.1 Å². The zero-order chi connectivity index (χ0) is 13.5. The first-order valence-electron chi connectivity index (χ1n) is 5.50. The Morgan fingerprint density at radius 3 is 2.67 bits per heavy atom. The second-order valence-corrected chi connectivity index (χ2v) is 7.47. The van der Waals surface area contributed by atoms with Gasteiger partial charge in [-0.05, 0) is 29.3 Å². The van der Waals surface area contributed by atoms with Crippen LogP contribution in [-0.4, -0.2) is 41.7 Å². The topological polar surface area (TPSA) is 81.1 Å². The van der Waals surface area contributed by atoms with Gasteiger partial charge >= 0.3 is 0 Å². The fraction of sp³-hybridized carbons (Fsp3) is 0.600. The van der Waals surface area contributed by atoms with E-state index >= 15 is 0 Å². The van der Waals surface area contributed by atoms with Crippen LogP contribution in [0.2, 0.25) is 0 Å². The summed E-state index contributed by atoms with van der Waals surface area (Å²) in [6.45, 7) is 1.84. The van der Waals surface area contributed by atoms with Crippen molar-refractivity contribution >= 4 is 31.7 Å². The van der Waals surface area contributed by atoms with E-state index in [1.807, 2.05) is 6.92 Å². The molecule has 0 spiro atoms. The van der Waals surface area contributed by atoms with E-state index in [4.69, 9.17) is 0 Å². The highest BCUT2D eigenvalue weighted by Gasteiger charge is 2.30. The Bertz CT molecular complexity index is 594. The number of sulfone groups is 1. The van der Waals surface area contributed by atoms with Gasteiger partial charge in [-0.15, -0.1) is 0 Å². The molecule has 0 aromatic carbocycles. The molecule has 0 radical (unpaired) electrons. The maximum absolute atomic E-state index is 12.0. The number of amides is 1. The van der Waals surface area contributed by atoms with Crippen molar-refractivity contribution in [1.82, 2.24) is 15.1 Å². The van der Waals surface area contributed by atoms with Crippen LogP contribution in [0.15, 0.2) is 4.47 Å².